The van der Waals surface area contributed by atoms with Crippen molar-refractivity contribution in [1.82, 2.24) is 0 Å². The van der Waals surface area contributed by atoms with Crippen molar-refractivity contribution in [2.75, 3.05) is 0 Å². The van der Waals surface area contributed by atoms with E-state index in [4.69, 9.17) is 4.74 Å². The first-order valence-electron chi connectivity index (χ1n) is 10.1. The maximum absolute atomic E-state index is 13.2. The molecule has 3 rings (SSSR count). The van der Waals surface area contributed by atoms with Crippen molar-refractivity contribution >= 4 is 5.97 Å². The van der Waals surface area contributed by atoms with Gasteiger partial charge in [-0.25, -0.2) is 8.78 Å². The van der Waals surface area contributed by atoms with Crippen LogP contribution in [0.4, 0.5) is 8.78 Å². The Hall–Kier alpha value is 0.0695. The smallest absolute Gasteiger partial charge is 0.309 e. The second kappa shape index (κ2) is 11.3. The number of aryl methyl sites for hydroxylation is 1. The largest absolute Gasteiger partial charge is 0.462 e. The molecule has 2 nitrogen and oxygen atoms in total. The topological polar surface area (TPSA) is 26.3 Å². The SMILES string of the molecule is CC1CCC(C(=O)OC2CCC(CCc3cc(F)[c-]c(F)c3)CC2)CC1.[Yb]. The van der Waals surface area contributed by atoms with Crippen molar-refractivity contribution in [3.63, 3.8) is 0 Å². The van der Waals surface area contributed by atoms with Crippen LogP contribution in [0.15, 0.2) is 12.1 Å². The zero-order chi connectivity index (χ0) is 18.5. The van der Waals surface area contributed by atoms with Gasteiger partial charge in [-0.05, 0) is 69.6 Å². The van der Waals surface area contributed by atoms with Crippen LogP contribution in [0.1, 0.15) is 70.3 Å². The molecular weight excluding hydrogens is 507 g/mol. The van der Waals surface area contributed by atoms with Crippen molar-refractivity contribution in [2.24, 2.45) is 17.8 Å². The monoisotopic (exact) mass is 537 g/mol. The van der Waals surface area contributed by atoms with Gasteiger partial charge >= 0.3 is 5.97 Å². The fourth-order valence-electron chi connectivity index (χ4n) is 4.36. The summed E-state index contributed by atoms with van der Waals surface area (Å²) in [7, 11) is 0. The molecule has 0 aliphatic heterocycles. The molecular formula is C22H29F2O2Yb-. The van der Waals surface area contributed by atoms with E-state index in [1.54, 1.807) is 0 Å². The summed E-state index contributed by atoms with van der Waals surface area (Å²) < 4.78 is 32.2. The van der Waals surface area contributed by atoms with Crippen LogP contribution in [-0.2, 0) is 16.0 Å². The van der Waals surface area contributed by atoms with Crippen molar-refractivity contribution in [3.05, 3.63) is 35.4 Å². The average Bonchev–Trinajstić information content (AvgIpc) is 2.61. The molecule has 0 bridgehead atoms. The number of hydrogen-bond donors (Lipinski definition) is 0. The Morgan fingerprint density at radius 2 is 1.63 bits per heavy atom. The molecule has 2 fully saturated rings. The Bertz CT molecular complexity index is 586. The van der Waals surface area contributed by atoms with E-state index >= 15 is 0 Å². The number of ether oxygens (including phenoxy) is 1. The van der Waals surface area contributed by atoms with Gasteiger partial charge in [0.1, 0.15) is 6.10 Å². The number of benzene rings is 1. The van der Waals surface area contributed by atoms with Crippen molar-refractivity contribution in [2.45, 2.75) is 77.2 Å². The summed E-state index contributed by atoms with van der Waals surface area (Å²) in [5.41, 5.74) is 0.693. The summed E-state index contributed by atoms with van der Waals surface area (Å²) in [5, 5.41) is 0. The van der Waals surface area contributed by atoms with E-state index < -0.39 is 11.6 Å². The van der Waals surface area contributed by atoms with Crippen LogP contribution in [0, 0.1) is 82.4 Å². The van der Waals surface area contributed by atoms with Crippen molar-refractivity contribution < 1.29 is 65.2 Å². The summed E-state index contributed by atoms with van der Waals surface area (Å²) in [6, 6.07) is 4.75. The second-order valence-corrected chi connectivity index (χ2v) is 8.26. The van der Waals surface area contributed by atoms with E-state index in [2.05, 4.69) is 6.92 Å². The van der Waals surface area contributed by atoms with Gasteiger partial charge in [0.2, 0.25) is 0 Å². The molecule has 158 valence electrons. The van der Waals surface area contributed by atoms with Gasteiger partial charge in [-0.3, -0.25) is 4.79 Å². The molecule has 0 unspecified atom stereocenters. The summed E-state index contributed by atoms with van der Waals surface area (Å²) in [5.74, 6) is 0.116. The molecule has 0 spiro atoms. The standard InChI is InChI=1S/C22H29F2O2.Yb/c1-15-2-8-18(9-3-15)22(25)26-21-10-6-16(7-11-21)4-5-17-12-19(23)14-20(24)13-17;/h12-13,15-16,18,21H,2-11H2,1H3;/q-1;. The number of carbonyl (C=O) groups excluding carboxylic acids is 1. The van der Waals surface area contributed by atoms with Crippen LogP contribution < -0.4 is 0 Å². The predicted octanol–water partition coefficient (Wildman–Crippen LogP) is 5.63. The molecule has 27 heavy (non-hydrogen) atoms. The van der Waals surface area contributed by atoms with E-state index in [0.29, 0.717) is 17.9 Å². The van der Waals surface area contributed by atoms with Gasteiger partial charge in [0.25, 0.3) is 0 Å². The Morgan fingerprint density at radius 3 is 2.22 bits per heavy atom. The van der Waals surface area contributed by atoms with E-state index in [0.717, 1.165) is 63.7 Å². The molecule has 5 heteroatoms. The second-order valence-electron chi connectivity index (χ2n) is 8.26. The first-order valence-corrected chi connectivity index (χ1v) is 10.1. The molecule has 2 aliphatic carbocycles. The van der Waals surface area contributed by atoms with Crippen LogP contribution >= 0.6 is 0 Å². The number of carbonyl (C=O) groups is 1. The fourth-order valence-corrected chi connectivity index (χ4v) is 4.36. The van der Waals surface area contributed by atoms with Crippen molar-refractivity contribution in [1.29, 1.82) is 0 Å². The first kappa shape index (κ1) is 23.3. The van der Waals surface area contributed by atoms with E-state index in [-0.39, 0.29) is 64.9 Å². The quantitative estimate of drug-likeness (QED) is 0.361. The van der Waals surface area contributed by atoms with Crippen LogP contribution in [0.2, 0.25) is 0 Å². The molecule has 2 aliphatic rings. The first-order chi connectivity index (χ1) is 12.5. The summed E-state index contributed by atoms with van der Waals surface area (Å²) in [4.78, 5) is 12.3. The molecule has 1 aromatic rings. The molecule has 0 heterocycles. The Labute approximate surface area is 200 Å². The van der Waals surface area contributed by atoms with Gasteiger partial charge in [0.05, 0.1) is 5.92 Å². The number of hydrogen-bond acceptors (Lipinski definition) is 2. The number of halogens is 2. The van der Waals surface area contributed by atoms with Crippen LogP contribution in [0.3, 0.4) is 0 Å². The van der Waals surface area contributed by atoms with E-state index in [1.807, 2.05) is 6.07 Å². The molecule has 0 amide bonds. The van der Waals surface area contributed by atoms with Gasteiger partial charge in [-0.2, -0.15) is 5.56 Å². The van der Waals surface area contributed by atoms with Crippen molar-refractivity contribution in [3.8, 4) is 0 Å². The number of rotatable bonds is 5. The minimum absolute atomic E-state index is 0. The fraction of sp³-hybridized carbons (Fsp3) is 0.682. The Balaban J connectivity index is 0.00000261. The third-order valence-electron chi connectivity index (χ3n) is 6.13. The number of esters is 1. The predicted molar refractivity (Wildman–Crippen MR) is 96.5 cm³/mol. The zero-order valence-corrected chi connectivity index (χ0v) is 17.6. The minimum Gasteiger partial charge on any atom is -0.462 e. The third kappa shape index (κ3) is 7.44. The van der Waals surface area contributed by atoms with Gasteiger partial charge in [0, 0.05) is 58.6 Å². The molecule has 1 aromatic carbocycles. The summed E-state index contributed by atoms with van der Waals surface area (Å²) in [6.45, 7) is 2.25. The van der Waals surface area contributed by atoms with Gasteiger partial charge in [-0.1, -0.05) is 13.3 Å². The van der Waals surface area contributed by atoms with E-state index in [1.165, 1.54) is 12.1 Å². The molecule has 0 atom stereocenters. The van der Waals surface area contributed by atoms with Crippen LogP contribution in [0.5, 0.6) is 0 Å². The van der Waals surface area contributed by atoms with Crippen LogP contribution in [0.25, 0.3) is 0 Å². The Kier molecular flexibility index (Phi) is 9.78. The normalized spacial score (nSPS) is 28.3. The molecule has 0 radical (unpaired) electrons. The van der Waals surface area contributed by atoms with Gasteiger partial charge < -0.3 is 4.74 Å². The van der Waals surface area contributed by atoms with Gasteiger partial charge in [0.15, 0.2) is 0 Å². The molecule has 2 saturated carbocycles. The molecule has 0 N–H and O–H groups in total. The molecule has 0 saturated heterocycles. The van der Waals surface area contributed by atoms with Crippen LogP contribution in [-0.4, -0.2) is 12.1 Å². The summed E-state index contributed by atoms with van der Waals surface area (Å²) >= 11 is 0. The minimum atomic E-state index is -0.632. The van der Waals surface area contributed by atoms with Gasteiger partial charge in [-0.15, -0.1) is 18.2 Å². The van der Waals surface area contributed by atoms with E-state index in [9.17, 15) is 13.6 Å². The maximum Gasteiger partial charge on any atom is 0.309 e. The molecule has 0 aromatic heterocycles. The zero-order valence-electron chi connectivity index (χ0n) is 15.9. The maximum atomic E-state index is 13.2. The summed E-state index contributed by atoms with van der Waals surface area (Å²) in [6.07, 6.45) is 9.70. The third-order valence-corrected chi connectivity index (χ3v) is 6.13. The Morgan fingerprint density at radius 1 is 1.04 bits per heavy atom. The average molecular weight is 537 g/mol.